The molecule has 0 saturated heterocycles. The van der Waals surface area contributed by atoms with Gasteiger partial charge in [0.05, 0.1) is 0 Å². The third-order valence-corrected chi connectivity index (χ3v) is 1.56. The second-order valence-corrected chi connectivity index (χ2v) is 3.76. The molecule has 1 aromatic rings. The SMILES string of the molecule is CC(C)(C)C(=O)n1cccc1F. The molecule has 1 heterocycles. The number of rotatable bonds is 0. The lowest BCUT2D eigenvalue weighted by molar-refractivity contribution is 0.0752. The van der Waals surface area contributed by atoms with Crippen molar-refractivity contribution in [2.45, 2.75) is 20.8 Å². The molecule has 3 heteroatoms. The van der Waals surface area contributed by atoms with Gasteiger partial charge in [0, 0.05) is 11.6 Å². The second-order valence-electron chi connectivity index (χ2n) is 3.76. The maximum absolute atomic E-state index is 12.9. The molecule has 0 N–H and O–H groups in total. The highest BCUT2D eigenvalue weighted by atomic mass is 19.1. The number of hydrogen-bond donors (Lipinski definition) is 0. The van der Waals surface area contributed by atoms with Gasteiger partial charge < -0.3 is 0 Å². The van der Waals surface area contributed by atoms with Gasteiger partial charge in [0.2, 0.25) is 5.91 Å². The molecule has 0 aromatic carbocycles. The summed E-state index contributed by atoms with van der Waals surface area (Å²) in [7, 11) is 0. The Balaban J connectivity index is 3.01. The summed E-state index contributed by atoms with van der Waals surface area (Å²) >= 11 is 0. The van der Waals surface area contributed by atoms with E-state index in [1.54, 1.807) is 20.8 Å². The molecule has 66 valence electrons. The van der Waals surface area contributed by atoms with Gasteiger partial charge in [-0.2, -0.15) is 4.39 Å². The first-order valence-corrected chi connectivity index (χ1v) is 3.80. The van der Waals surface area contributed by atoms with E-state index in [2.05, 4.69) is 0 Å². The molecule has 0 aliphatic carbocycles. The van der Waals surface area contributed by atoms with Crippen LogP contribution in [0.2, 0.25) is 0 Å². The van der Waals surface area contributed by atoms with Crippen molar-refractivity contribution >= 4 is 5.91 Å². The normalized spacial score (nSPS) is 11.7. The van der Waals surface area contributed by atoms with E-state index >= 15 is 0 Å². The molecular formula is C9H12FNO. The number of halogens is 1. The van der Waals surface area contributed by atoms with Crippen molar-refractivity contribution in [1.82, 2.24) is 4.57 Å². The van der Waals surface area contributed by atoms with Crippen LogP contribution in [0.5, 0.6) is 0 Å². The first-order chi connectivity index (χ1) is 5.43. The van der Waals surface area contributed by atoms with Crippen molar-refractivity contribution in [2.75, 3.05) is 0 Å². The molecule has 2 nitrogen and oxygen atoms in total. The molecule has 1 rings (SSSR count). The highest BCUT2D eigenvalue weighted by Crippen LogP contribution is 2.17. The van der Waals surface area contributed by atoms with E-state index in [1.165, 1.54) is 18.3 Å². The first-order valence-electron chi connectivity index (χ1n) is 3.80. The molecule has 0 bridgehead atoms. The van der Waals surface area contributed by atoms with Crippen molar-refractivity contribution in [3.8, 4) is 0 Å². The summed E-state index contributed by atoms with van der Waals surface area (Å²) in [6.07, 6.45) is 1.43. The van der Waals surface area contributed by atoms with E-state index in [-0.39, 0.29) is 5.91 Å². The van der Waals surface area contributed by atoms with Crippen LogP contribution in [0.3, 0.4) is 0 Å². The minimum absolute atomic E-state index is 0.231. The molecule has 0 fully saturated rings. The lowest BCUT2D eigenvalue weighted by atomic mass is 9.96. The standard InChI is InChI=1S/C9H12FNO/c1-9(2,3)8(12)11-6-4-5-7(11)10/h4-6H,1-3H3. The summed E-state index contributed by atoms with van der Waals surface area (Å²) in [5.41, 5.74) is -0.542. The molecule has 0 aliphatic heterocycles. The lowest BCUT2D eigenvalue weighted by Gasteiger charge is -2.16. The van der Waals surface area contributed by atoms with Crippen LogP contribution < -0.4 is 0 Å². The Morgan fingerprint density at radius 1 is 1.50 bits per heavy atom. The predicted molar refractivity (Wildman–Crippen MR) is 44.5 cm³/mol. The van der Waals surface area contributed by atoms with Crippen LogP contribution in [0, 0.1) is 11.4 Å². The van der Waals surface area contributed by atoms with Gasteiger partial charge in [0.15, 0.2) is 5.95 Å². The maximum Gasteiger partial charge on any atom is 0.238 e. The molecule has 12 heavy (non-hydrogen) atoms. The smallest absolute Gasteiger partial charge is 0.238 e. The number of carbonyl (C=O) groups is 1. The van der Waals surface area contributed by atoms with Crippen molar-refractivity contribution in [2.24, 2.45) is 5.41 Å². The third-order valence-electron chi connectivity index (χ3n) is 1.56. The van der Waals surface area contributed by atoms with Crippen molar-refractivity contribution in [3.63, 3.8) is 0 Å². The monoisotopic (exact) mass is 169 g/mol. The predicted octanol–water partition coefficient (Wildman–Crippen LogP) is 2.31. The minimum atomic E-state index is -0.542. The van der Waals surface area contributed by atoms with Crippen LogP contribution in [0.1, 0.15) is 25.6 Å². The third kappa shape index (κ3) is 1.55. The van der Waals surface area contributed by atoms with Gasteiger partial charge in [0.25, 0.3) is 0 Å². The minimum Gasteiger partial charge on any atom is -0.273 e. The molecule has 0 aliphatic rings. The van der Waals surface area contributed by atoms with Crippen molar-refractivity contribution < 1.29 is 9.18 Å². The molecule has 1 aromatic heterocycles. The molecule has 0 atom stereocenters. The van der Waals surface area contributed by atoms with E-state index in [1.807, 2.05) is 0 Å². The summed E-state index contributed by atoms with van der Waals surface area (Å²) in [6, 6.07) is 2.78. The Bertz CT molecular complexity index is 296. The van der Waals surface area contributed by atoms with Crippen molar-refractivity contribution in [3.05, 3.63) is 24.3 Å². The van der Waals surface area contributed by atoms with E-state index in [9.17, 15) is 9.18 Å². The Hall–Kier alpha value is -1.12. The summed E-state index contributed by atoms with van der Waals surface area (Å²) < 4.78 is 13.9. The van der Waals surface area contributed by atoms with Crippen LogP contribution in [0.15, 0.2) is 18.3 Å². The van der Waals surface area contributed by atoms with Gasteiger partial charge >= 0.3 is 0 Å². The fourth-order valence-corrected chi connectivity index (χ4v) is 0.886. The van der Waals surface area contributed by atoms with Crippen LogP contribution in [-0.2, 0) is 0 Å². The number of carbonyl (C=O) groups excluding carboxylic acids is 1. The Morgan fingerprint density at radius 3 is 2.42 bits per heavy atom. The van der Waals surface area contributed by atoms with Gasteiger partial charge in [-0.25, -0.2) is 0 Å². The van der Waals surface area contributed by atoms with Gasteiger partial charge in [-0.1, -0.05) is 20.8 Å². The van der Waals surface area contributed by atoms with Crippen molar-refractivity contribution in [1.29, 1.82) is 0 Å². The Morgan fingerprint density at radius 2 is 2.08 bits per heavy atom. The fraction of sp³-hybridized carbons (Fsp3) is 0.444. The highest BCUT2D eigenvalue weighted by molar-refractivity contribution is 5.84. The quantitative estimate of drug-likeness (QED) is 0.584. The largest absolute Gasteiger partial charge is 0.273 e. The molecule has 0 unspecified atom stereocenters. The average Bonchev–Trinajstić information content (AvgIpc) is 2.31. The molecule has 0 saturated carbocycles. The molecular weight excluding hydrogens is 157 g/mol. The lowest BCUT2D eigenvalue weighted by Crippen LogP contribution is -2.27. The second kappa shape index (κ2) is 2.73. The molecule has 0 radical (unpaired) electrons. The van der Waals surface area contributed by atoms with Gasteiger partial charge in [-0.15, -0.1) is 0 Å². The Kier molecular flexibility index (Phi) is 2.04. The van der Waals surface area contributed by atoms with Gasteiger partial charge in [-0.3, -0.25) is 9.36 Å². The zero-order valence-corrected chi connectivity index (χ0v) is 7.47. The zero-order chi connectivity index (χ0) is 9.35. The summed E-state index contributed by atoms with van der Waals surface area (Å²) in [5.74, 6) is -0.736. The van der Waals surface area contributed by atoms with E-state index < -0.39 is 11.4 Å². The van der Waals surface area contributed by atoms with Crippen LogP contribution in [0.4, 0.5) is 4.39 Å². The van der Waals surface area contributed by atoms with E-state index in [0.717, 1.165) is 4.57 Å². The zero-order valence-electron chi connectivity index (χ0n) is 7.47. The molecule has 0 amide bonds. The number of nitrogens with zero attached hydrogens (tertiary/aromatic N) is 1. The van der Waals surface area contributed by atoms with Gasteiger partial charge in [0.1, 0.15) is 0 Å². The maximum atomic E-state index is 12.9. The summed E-state index contributed by atoms with van der Waals surface area (Å²) in [6.45, 7) is 5.28. The average molecular weight is 169 g/mol. The van der Waals surface area contributed by atoms with E-state index in [4.69, 9.17) is 0 Å². The van der Waals surface area contributed by atoms with Crippen LogP contribution >= 0.6 is 0 Å². The summed E-state index contributed by atoms with van der Waals surface area (Å²) in [5, 5.41) is 0. The first kappa shape index (κ1) is 8.97. The number of hydrogen-bond acceptors (Lipinski definition) is 1. The fourth-order valence-electron chi connectivity index (χ4n) is 0.886. The Labute approximate surface area is 71.0 Å². The topological polar surface area (TPSA) is 22.0 Å². The molecule has 0 spiro atoms. The van der Waals surface area contributed by atoms with Crippen LogP contribution in [-0.4, -0.2) is 10.5 Å². The highest BCUT2D eigenvalue weighted by Gasteiger charge is 2.24. The van der Waals surface area contributed by atoms with E-state index in [0.29, 0.717) is 0 Å². The number of aromatic nitrogens is 1. The van der Waals surface area contributed by atoms with Crippen LogP contribution in [0.25, 0.3) is 0 Å². The summed E-state index contributed by atoms with van der Waals surface area (Å²) in [4.78, 5) is 11.5. The van der Waals surface area contributed by atoms with Gasteiger partial charge in [-0.05, 0) is 12.1 Å².